The van der Waals surface area contributed by atoms with Gasteiger partial charge >= 0.3 is 0 Å². The molecule has 0 fully saturated rings. The maximum absolute atomic E-state index is 13.7. The molecular formula is C12H11F2N3O3S. The lowest BCUT2D eigenvalue weighted by Crippen LogP contribution is -2.44. The Morgan fingerprint density at radius 3 is 2.38 bits per heavy atom. The van der Waals surface area contributed by atoms with Crippen molar-refractivity contribution in [2.24, 2.45) is 5.14 Å². The van der Waals surface area contributed by atoms with E-state index in [2.05, 4.69) is 9.97 Å². The molecule has 0 radical (unpaired) electrons. The average Bonchev–Trinajstić information content (AvgIpc) is 2.43. The summed E-state index contributed by atoms with van der Waals surface area (Å²) in [6.45, 7) is 1.06. The molecule has 1 heterocycles. The molecule has 21 heavy (non-hydrogen) atoms. The highest BCUT2D eigenvalue weighted by Crippen LogP contribution is 2.31. The summed E-state index contributed by atoms with van der Waals surface area (Å²) in [4.78, 5) is 5.25. The predicted octanol–water partition coefficient (Wildman–Crippen LogP) is 1.29. The first-order valence-electron chi connectivity index (χ1n) is 5.68. The number of aromatic nitrogens is 2. The molecule has 0 aliphatic carbocycles. The Hall–Kier alpha value is -2.13. The van der Waals surface area contributed by atoms with E-state index in [1.54, 1.807) is 0 Å². The Morgan fingerprint density at radius 2 is 1.81 bits per heavy atom. The third-order valence-electron chi connectivity index (χ3n) is 2.74. The number of hydrogen-bond donors (Lipinski definition) is 1. The Morgan fingerprint density at radius 1 is 1.19 bits per heavy atom. The molecule has 0 amide bonds. The van der Waals surface area contributed by atoms with E-state index < -0.39 is 32.3 Å². The number of nitrogens with two attached hydrogens (primary N) is 1. The molecule has 9 heteroatoms. The van der Waals surface area contributed by atoms with Gasteiger partial charge in [0.05, 0.1) is 0 Å². The fourth-order valence-electron chi connectivity index (χ4n) is 1.54. The molecule has 2 N–H and O–H groups in total. The number of rotatable bonds is 4. The van der Waals surface area contributed by atoms with E-state index >= 15 is 0 Å². The van der Waals surface area contributed by atoms with Gasteiger partial charge in [-0.25, -0.2) is 27.9 Å². The third kappa shape index (κ3) is 2.83. The van der Waals surface area contributed by atoms with Gasteiger partial charge in [-0.2, -0.15) is 4.39 Å². The minimum absolute atomic E-state index is 0.295. The largest absolute Gasteiger partial charge is 0.459 e. The van der Waals surface area contributed by atoms with Gasteiger partial charge in [-0.15, -0.1) is 0 Å². The maximum Gasteiger partial charge on any atom is 0.278 e. The van der Waals surface area contributed by atoms with E-state index in [9.17, 15) is 17.2 Å². The minimum atomic E-state index is -4.38. The Bertz CT molecular complexity index is 756. The zero-order chi connectivity index (χ0) is 15.7. The summed E-state index contributed by atoms with van der Waals surface area (Å²) in [6, 6.07) is 4.57. The fourth-order valence-corrected chi connectivity index (χ4v) is 2.10. The molecule has 1 unspecified atom stereocenters. The Balaban J connectivity index is 2.56. The molecule has 6 nitrogen and oxygen atoms in total. The molecular weight excluding hydrogens is 304 g/mol. The summed E-state index contributed by atoms with van der Waals surface area (Å²) in [7, 11) is -4.38. The van der Waals surface area contributed by atoms with Crippen LogP contribution in [0.15, 0.2) is 36.7 Å². The standard InChI is InChI=1S/C12H11F2N3O3S/c1-12(21(15,18)19,11-16-6-3-7-17-11)20-9-5-2-4-8(13)10(9)14/h2-7H,1H3,(H2,15,18,19). The average molecular weight is 315 g/mol. The van der Waals surface area contributed by atoms with Crippen molar-refractivity contribution in [3.63, 3.8) is 0 Å². The van der Waals surface area contributed by atoms with Crippen LogP contribution >= 0.6 is 0 Å². The van der Waals surface area contributed by atoms with Crippen LogP contribution in [-0.2, 0) is 15.0 Å². The van der Waals surface area contributed by atoms with E-state index in [1.165, 1.54) is 24.5 Å². The molecule has 0 spiro atoms. The van der Waals surface area contributed by atoms with Crippen molar-refractivity contribution in [3.05, 3.63) is 54.1 Å². The summed E-state index contributed by atoms with van der Waals surface area (Å²) in [6.07, 6.45) is 2.55. The van der Waals surface area contributed by atoms with Crippen LogP contribution in [0.3, 0.4) is 0 Å². The van der Waals surface area contributed by atoms with Crippen LogP contribution in [0, 0.1) is 11.6 Å². The van der Waals surface area contributed by atoms with Crippen LogP contribution in [0.5, 0.6) is 5.75 Å². The van der Waals surface area contributed by atoms with Gasteiger partial charge in [0.15, 0.2) is 17.4 Å². The normalized spacial score (nSPS) is 14.5. The number of hydrogen-bond acceptors (Lipinski definition) is 5. The van der Waals surface area contributed by atoms with E-state index in [4.69, 9.17) is 9.88 Å². The van der Waals surface area contributed by atoms with Gasteiger partial charge < -0.3 is 4.74 Å². The lowest BCUT2D eigenvalue weighted by atomic mass is 10.3. The van der Waals surface area contributed by atoms with Gasteiger partial charge in [-0.3, -0.25) is 0 Å². The summed E-state index contributed by atoms with van der Waals surface area (Å²) in [5.74, 6) is -3.42. The van der Waals surface area contributed by atoms with Gasteiger partial charge in [-0.1, -0.05) is 6.07 Å². The summed E-state index contributed by atoms with van der Waals surface area (Å²) < 4.78 is 55.6. The molecule has 0 aliphatic rings. The van der Waals surface area contributed by atoms with Crippen LogP contribution in [0.2, 0.25) is 0 Å². The van der Waals surface area contributed by atoms with Gasteiger partial charge in [0.2, 0.25) is 5.82 Å². The maximum atomic E-state index is 13.7. The van der Waals surface area contributed by atoms with Crippen LogP contribution in [0.25, 0.3) is 0 Å². The van der Waals surface area contributed by atoms with E-state index in [0.29, 0.717) is 0 Å². The quantitative estimate of drug-likeness (QED) is 0.917. The summed E-state index contributed by atoms with van der Waals surface area (Å²) in [5, 5.41) is 5.13. The fraction of sp³-hybridized carbons (Fsp3) is 0.167. The van der Waals surface area contributed by atoms with E-state index in [1.807, 2.05) is 0 Å². The van der Waals surface area contributed by atoms with Crippen LogP contribution in [0.1, 0.15) is 12.7 Å². The van der Waals surface area contributed by atoms with Crippen molar-refractivity contribution >= 4 is 10.0 Å². The molecule has 1 atom stereocenters. The van der Waals surface area contributed by atoms with Gasteiger partial charge in [0.25, 0.3) is 15.0 Å². The summed E-state index contributed by atoms with van der Waals surface area (Å²) in [5.41, 5.74) is 0. The molecule has 2 aromatic rings. The Labute approximate surface area is 119 Å². The number of benzene rings is 1. The van der Waals surface area contributed by atoms with Crippen molar-refractivity contribution in [3.8, 4) is 5.75 Å². The summed E-state index contributed by atoms with van der Waals surface area (Å²) >= 11 is 0. The molecule has 0 aliphatic heterocycles. The number of nitrogens with zero attached hydrogens (tertiary/aromatic N) is 2. The van der Waals surface area contributed by atoms with Crippen molar-refractivity contribution in [1.82, 2.24) is 9.97 Å². The van der Waals surface area contributed by atoms with E-state index in [-0.39, 0.29) is 5.82 Å². The monoisotopic (exact) mass is 315 g/mol. The predicted molar refractivity (Wildman–Crippen MR) is 69.5 cm³/mol. The number of ether oxygens (including phenoxy) is 1. The minimum Gasteiger partial charge on any atom is -0.459 e. The second kappa shape index (κ2) is 5.34. The van der Waals surface area contributed by atoms with E-state index in [0.717, 1.165) is 19.1 Å². The second-order valence-corrected chi connectivity index (χ2v) is 6.09. The Kier molecular flexibility index (Phi) is 3.88. The van der Waals surface area contributed by atoms with Crippen molar-refractivity contribution in [1.29, 1.82) is 0 Å². The highest BCUT2D eigenvalue weighted by atomic mass is 32.2. The van der Waals surface area contributed by atoms with Crippen LogP contribution in [-0.4, -0.2) is 18.4 Å². The van der Waals surface area contributed by atoms with Gasteiger partial charge in [0, 0.05) is 12.4 Å². The lowest BCUT2D eigenvalue weighted by Gasteiger charge is -2.26. The number of halogens is 2. The highest BCUT2D eigenvalue weighted by Gasteiger charge is 2.44. The van der Waals surface area contributed by atoms with Crippen LogP contribution < -0.4 is 9.88 Å². The number of sulfonamides is 1. The van der Waals surface area contributed by atoms with Crippen molar-refractivity contribution in [2.45, 2.75) is 11.9 Å². The molecule has 1 aromatic carbocycles. The van der Waals surface area contributed by atoms with Gasteiger partial charge in [0.1, 0.15) is 0 Å². The smallest absolute Gasteiger partial charge is 0.278 e. The zero-order valence-electron chi connectivity index (χ0n) is 10.8. The topological polar surface area (TPSA) is 95.2 Å². The molecule has 0 saturated heterocycles. The molecule has 112 valence electrons. The molecule has 2 rings (SSSR count). The molecule has 0 saturated carbocycles. The first kappa shape index (κ1) is 15.3. The molecule has 0 bridgehead atoms. The third-order valence-corrected chi connectivity index (χ3v) is 4.09. The zero-order valence-corrected chi connectivity index (χ0v) is 11.6. The lowest BCUT2D eigenvalue weighted by molar-refractivity contribution is 0.154. The van der Waals surface area contributed by atoms with Crippen molar-refractivity contribution in [2.75, 3.05) is 0 Å². The second-order valence-electron chi connectivity index (χ2n) is 4.22. The van der Waals surface area contributed by atoms with Crippen molar-refractivity contribution < 1.29 is 21.9 Å². The first-order chi connectivity index (χ1) is 9.75. The van der Waals surface area contributed by atoms with Crippen LogP contribution in [0.4, 0.5) is 8.78 Å². The first-order valence-corrected chi connectivity index (χ1v) is 7.23. The SMILES string of the molecule is CC(Oc1cccc(F)c1F)(c1ncccn1)S(N)(=O)=O. The number of primary sulfonamides is 1. The highest BCUT2D eigenvalue weighted by molar-refractivity contribution is 7.89. The molecule has 1 aromatic heterocycles. The van der Waals surface area contributed by atoms with Gasteiger partial charge in [-0.05, 0) is 25.1 Å².